The number of carbonyl (C=O) groups excluding carboxylic acids is 2. The number of furan rings is 1. The lowest BCUT2D eigenvalue weighted by Crippen LogP contribution is -2.21. The van der Waals surface area contributed by atoms with Crippen molar-refractivity contribution in [3.05, 3.63) is 82.0 Å². The molecular weight excluding hydrogens is 472 g/mol. The third-order valence-electron chi connectivity index (χ3n) is 4.80. The summed E-state index contributed by atoms with van der Waals surface area (Å²) in [6.07, 6.45) is 1.52. The minimum Gasteiger partial charge on any atom is -0.459 e. The molecule has 0 fully saturated rings. The first-order valence-corrected chi connectivity index (χ1v) is 10.9. The normalized spacial score (nSPS) is 14.9. The fraction of sp³-hybridized carbons (Fsp3) is 0.160. The minimum absolute atomic E-state index is 0.173. The Labute approximate surface area is 194 Å². The molecule has 1 aliphatic heterocycles. The van der Waals surface area contributed by atoms with Gasteiger partial charge in [0.05, 0.1) is 28.6 Å². The Balaban J connectivity index is 1.53. The molecule has 7 heteroatoms. The first-order valence-electron chi connectivity index (χ1n) is 10.1. The van der Waals surface area contributed by atoms with Crippen LogP contribution in [0, 0.1) is 0 Å². The molecule has 3 aromatic rings. The lowest BCUT2D eigenvalue weighted by atomic mass is 10.1. The van der Waals surface area contributed by atoms with E-state index in [1.807, 2.05) is 44.2 Å². The van der Waals surface area contributed by atoms with Gasteiger partial charge in [0, 0.05) is 10.0 Å². The number of hydrogen-bond acceptors (Lipinski definition) is 5. The molecule has 0 saturated carbocycles. The Morgan fingerprint density at radius 3 is 2.41 bits per heavy atom. The van der Waals surface area contributed by atoms with Crippen LogP contribution in [0.2, 0.25) is 0 Å². The van der Waals surface area contributed by atoms with Gasteiger partial charge in [0.1, 0.15) is 11.5 Å². The number of rotatable bonds is 5. The molecule has 0 N–H and O–H groups in total. The van der Waals surface area contributed by atoms with E-state index >= 15 is 0 Å². The third kappa shape index (κ3) is 4.57. The molecule has 162 valence electrons. The van der Waals surface area contributed by atoms with Crippen LogP contribution < -0.4 is 5.01 Å². The van der Waals surface area contributed by atoms with Crippen molar-refractivity contribution < 1.29 is 18.7 Å². The molecule has 1 aromatic heterocycles. The van der Waals surface area contributed by atoms with Gasteiger partial charge in [0.2, 0.25) is 0 Å². The maximum Gasteiger partial charge on any atom is 0.338 e. The number of hydrogen-bond donors (Lipinski definition) is 0. The largest absolute Gasteiger partial charge is 0.459 e. The molecule has 1 aliphatic rings. The summed E-state index contributed by atoms with van der Waals surface area (Å²) in [7, 11) is 0. The molecule has 0 spiro atoms. The van der Waals surface area contributed by atoms with Gasteiger partial charge >= 0.3 is 5.97 Å². The molecular formula is C25H21BrN2O4. The molecule has 2 heterocycles. The van der Waals surface area contributed by atoms with Crippen LogP contribution in [0.3, 0.4) is 0 Å². The maximum atomic E-state index is 12.9. The molecule has 0 atom stereocenters. The highest BCUT2D eigenvalue weighted by atomic mass is 79.9. The van der Waals surface area contributed by atoms with Crippen molar-refractivity contribution in [3.8, 4) is 11.3 Å². The molecule has 0 aliphatic carbocycles. The Morgan fingerprint density at radius 1 is 1.06 bits per heavy atom. The zero-order chi connectivity index (χ0) is 22.8. The standard InChI is InChI=1S/C25H21BrN2O4/c1-15(2)31-25(30)18-6-4-17(5-7-18)23-13-12-21(32-23)14-22-16(3)27-28(24(22)29)20-10-8-19(26)9-11-20/h4-15H,1-3H3/b22-14-. The molecule has 0 saturated heterocycles. The van der Waals surface area contributed by atoms with Crippen molar-refractivity contribution in [1.29, 1.82) is 0 Å². The topological polar surface area (TPSA) is 72.1 Å². The van der Waals surface area contributed by atoms with Crippen LogP contribution >= 0.6 is 15.9 Å². The Hall–Kier alpha value is -3.45. The number of nitrogens with zero attached hydrogens (tertiary/aromatic N) is 2. The predicted molar refractivity (Wildman–Crippen MR) is 127 cm³/mol. The van der Waals surface area contributed by atoms with E-state index in [0.29, 0.717) is 34.1 Å². The lowest BCUT2D eigenvalue weighted by molar-refractivity contribution is -0.114. The van der Waals surface area contributed by atoms with Gasteiger partial charge < -0.3 is 9.15 Å². The van der Waals surface area contributed by atoms with Crippen LogP contribution in [-0.2, 0) is 9.53 Å². The average Bonchev–Trinajstić information content (AvgIpc) is 3.34. The number of hydrazone groups is 1. The summed E-state index contributed by atoms with van der Waals surface area (Å²) in [5.41, 5.74) is 3.07. The first-order chi connectivity index (χ1) is 15.3. The van der Waals surface area contributed by atoms with Gasteiger partial charge in [-0.2, -0.15) is 10.1 Å². The van der Waals surface area contributed by atoms with Gasteiger partial charge in [0.15, 0.2) is 0 Å². The van der Waals surface area contributed by atoms with Crippen molar-refractivity contribution >= 4 is 45.3 Å². The Bertz CT molecular complexity index is 1220. The summed E-state index contributed by atoms with van der Waals surface area (Å²) in [5.74, 6) is 0.598. The molecule has 32 heavy (non-hydrogen) atoms. The van der Waals surface area contributed by atoms with Gasteiger partial charge in [0.25, 0.3) is 5.91 Å². The first kappa shape index (κ1) is 21.8. The van der Waals surface area contributed by atoms with E-state index in [1.165, 1.54) is 5.01 Å². The lowest BCUT2D eigenvalue weighted by Gasteiger charge is -2.11. The van der Waals surface area contributed by atoms with Gasteiger partial charge in [-0.3, -0.25) is 4.79 Å². The quantitative estimate of drug-likeness (QED) is 0.319. The van der Waals surface area contributed by atoms with E-state index in [-0.39, 0.29) is 18.0 Å². The van der Waals surface area contributed by atoms with E-state index < -0.39 is 0 Å². The molecule has 0 unspecified atom stereocenters. The van der Waals surface area contributed by atoms with E-state index in [1.54, 1.807) is 43.3 Å². The Kier molecular flexibility index (Phi) is 6.10. The molecule has 6 nitrogen and oxygen atoms in total. The van der Waals surface area contributed by atoms with Crippen molar-refractivity contribution in [2.75, 3.05) is 5.01 Å². The van der Waals surface area contributed by atoms with Crippen LogP contribution in [-0.4, -0.2) is 23.7 Å². The highest BCUT2D eigenvalue weighted by Gasteiger charge is 2.29. The van der Waals surface area contributed by atoms with Crippen molar-refractivity contribution in [2.24, 2.45) is 5.10 Å². The monoisotopic (exact) mass is 492 g/mol. The summed E-state index contributed by atoms with van der Waals surface area (Å²) in [6, 6.07) is 18.0. The molecule has 4 rings (SSSR count). The van der Waals surface area contributed by atoms with Crippen LogP contribution in [0.1, 0.15) is 36.9 Å². The van der Waals surface area contributed by atoms with Crippen LogP contribution in [0.4, 0.5) is 5.69 Å². The number of amides is 1. The summed E-state index contributed by atoms with van der Waals surface area (Å²) >= 11 is 3.39. The van der Waals surface area contributed by atoms with Gasteiger partial charge in [-0.25, -0.2) is 4.79 Å². The highest BCUT2D eigenvalue weighted by Crippen LogP contribution is 2.28. The average molecular weight is 493 g/mol. The number of benzene rings is 2. The minimum atomic E-state index is -0.360. The smallest absolute Gasteiger partial charge is 0.338 e. The van der Waals surface area contributed by atoms with Crippen LogP contribution in [0.15, 0.2) is 80.2 Å². The SMILES string of the molecule is CC1=NN(c2ccc(Br)cc2)C(=O)/C1=C\c1ccc(-c2ccc(C(=O)OC(C)C)cc2)o1. The maximum absolute atomic E-state index is 12.9. The number of ether oxygens (including phenoxy) is 1. The fourth-order valence-corrected chi connectivity index (χ4v) is 3.49. The van der Waals surface area contributed by atoms with Crippen molar-refractivity contribution in [2.45, 2.75) is 26.9 Å². The summed E-state index contributed by atoms with van der Waals surface area (Å²) in [5, 5.41) is 5.77. The second kappa shape index (κ2) is 8.96. The fourth-order valence-electron chi connectivity index (χ4n) is 3.22. The molecule has 0 radical (unpaired) electrons. The van der Waals surface area contributed by atoms with E-state index in [4.69, 9.17) is 9.15 Å². The number of carbonyl (C=O) groups is 2. The summed E-state index contributed by atoms with van der Waals surface area (Å²) < 4.78 is 12.1. The Morgan fingerprint density at radius 2 is 1.75 bits per heavy atom. The molecule has 1 amide bonds. The summed E-state index contributed by atoms with van der Waals surface area (Å²) in [4.78, 5) is 24.9. The third-order valence-corrected chi connectivity index (χ3v) is 5.32. The molecule has 2 aromatic carbocycles. The van der Waals surface area contributed by atoms with E-state index in [9.17, 15) is 9.59 Å². The van der Waals surface area contributed by atoms with Crippen LogP contribution in [0.5, 0.6) is 0 Å². The second-order valence-electron chi connectivity index (χ2n) is 7.57. The zero-order valence-electron chi connectivity index (χ0n) is 17.8. The molecule has 0 bridgehead atoms. The van der Waals surface area contributed by atoms with Crippen molar-refractivity contribution in [1.82, 2.24) is 0 Å². The number of halogens is 1. The van der Waals surface area contributed by atoms with Crippen molar-refractivity contribution in [3.63, 3.8) is 0 Å². The predicted octanol–water partition coefficient (Wildman–Crippen LogP) is 6.08. The van der Waals surface area contributed by atoms with Gasteiger partial charge in [-0.15, -0.1) is 0 Å². The van der Waals surface area contributed by atoms with E-state index in [0.717, 1.165) is 10.0 Å². The second-order valence-corrected chi connectivity index (χ2v) is 8.49. The van der Waals surface area contributed by atoms with Gasteiger partial charge in [-0.1, -0.05) is 28.1 Å². The number of anilines is 1. The number of esters is 1. The zero-order valence-corrected chi connectivity index (χ0v) is 19.4. The van der Waals surface area contributed by atoms with E-state index in [2.05, 4.69) is 21.0 Å². The highest BCUT2D eigenvalue weighted by molar-refractivity contribution is 9.10. The summed E-state index contributed by atoms with van der Waals surface area (Å²) in [6.45, 7) is 5.41. The van der Waals surface area contributed by atoms with Gasteiger partial charge in [-0.05, 0) is 75.4 Å². The van der Waals surface area contributed by atoms with Crippen LogP contribution in [0.25, 0.3) is 17.4 Å².